The molecule has 1 aliphatic rings. The van der Waals surface area contributed by atoms with Crippen LogP contribution in [0, 0.1) is 6.92 Å². The first kappa shape index (κ1) is 22.2. The van der Waals surface area contributed by atoms with E-state index in [-0.39, 0.29) is 11.1 Å². The van der Waals surface area contributed by atoms with E-state index in [9.17, 15) is 26.4 Å². The summed E-state index contributed by atoms with van der Waals surface area (Å²) in [6.45, 7) is 1.66. The van der Waals surface area contributed by atoms with Crippen molar-refractivity contribution in [3.63, 3.8) is 0 Å². The van der Waals surface area contributed by atoms with Crippen molar-refractivity contribution in [2.75, 3.05) is 0 Å². The number of urea groups is 1. The van der Waals surface area contributed by atoms with E-state index in [2.05, 4.69) is 15.4 Å². The maximum Gasteiger partial charge on any atom is 0.417 e. The predicted molar refractivity (Wildman–Crippen MR) is 104 cm³/mol. The molecule has 2 aromatic rings. The molecule has 0 unspecified atom stereocenters. The average molecular weight is 461 g/mol. The Morgan fingerprint density at radius 3 is 2.60 bits per heavy atom. The van der Waals surface area contributed by atoms with Crippen LogP contribution < -0.4 is 10.0 Å². The lowest BCUT2D eigenvalue weighted by Gasteiger charge is -2.07. The second-order valence-electron chi connectivity index (χ2n) is 6.61. The van der Waals surface area contributed by atoms with Crippen LogP contribution >= 0.6 is 11.8 Å². The van der Waals surface area contributed by atoms with Gasteiger partial charge in [-0.1, -0.05) is 0 Å². The predicted octanol–water partition coefficient (Wildman–Crippen LogP) is 3.06. The Morgan fingerprint density at radius 2 is 2.03 bits per heavy atom. The van der Waals surface area contributed by atoms with Gasteiger partial charge in [0.25, 0.3) is 10.0 Å². The van der Waals surface area contributed by atoms with Crippen LogP contribution in [0.2, 0.25) is 0 Å². The summed E-state index contributed by atoms with van der Waals surface area (Å²) in [5.74, 6) is 0. The maximum absolute atomic E-state index is 12.7. The van der Waals surface area contributed by atoms with Gasteiger partial charge in [0.1, 0.15) is 10.1 Å². The summed E-state index contributed by atoms with van der Waals surface area (Å²) in [6.07, 6.45) is -0.844. The highest BCUT2D eigenvalue weighted by Gasteiger charge is 2.30. The number of nitrogens with zero attached hydrogens (tertiary/aromatic N) is 3. The molecule has 2 aromatic heterocycles. The van der Waals surface area contributed by atoms with Gasteiger partial charge in [0, 0.05) is 24.8 Å². The van der Waals surface area contributed by atoms with E-state index in [0.717, 1.165) is 42.3 Å². The molecule has 1 saturated carbocycles. The highest BCUT2D eigenvalue weighted by atomic mass is 32.2. The molecule has 2 heterocycles. The molecule has 2 N–H and O–H groups in total. The molecule has 30 heavy (non-hydrogen) atoms. The molecule has 0 aromatic carbocycles. The number of nitrogens with one attached hydrogen (secondary N) is 2. The molecule has 1 aliphatic carbocycles. The van der Waals surface area contributed by atoms with Crippen molar-refractivity contribution in [2.45, 2.75) is 42.0 Å². The summed E-state index contributed by atoms with van der Waals surface area (Å²) in [5, 5.41) is 8.33. The number of sulfonamides is 1. The minimum absolute atomic E-state index is 0.00369. The van der Waals surface area contributed by atoms with Crippen LogP contribution in [-0.2, 0) is 23.2 Å². The molecule has 0 radical (unpaired) electrons. The van der Waals surface area contributed by atoms with E-state index in [1.807, 2.05) is 4.72 Å². The van der Waals surface area contributed by atoms with E-state index in [4.69, 9.17) is 0 Å². The fourth-order valence-corrected chi connectivity index (χ4v) is 4.08. The average Bonchev–Trinajstić information content (AvgIpc) is 3.38. The van der Waals surface area contributed by atoms with Gasteiger partial charge in [-0.15, -0.1) is 0 Å². The highest BCUT2D eigenvalue weighted by molar-refractivity contribution is 7.99. The Hall–Kier alpha value is -2.54. The topological polar surface area (TPSA) is 106 Å². The lowest BCUT2D eigenvalue weighted by molar-refractivity contribution is -0.137. The van der Waals surface area contributed by atoms with E-state index in [1.54, 1.807) is 14.0 Å². The van der Waals surface area contributed by atoms with Gasteiger partial charge < -0.3 is 5.32 Å². The zero-order chi connectivity index (χ0) is 22.1. The number of amides is 2. The Balaban J connectivity index is 1.77. The Morgan fingerprint density at radius 1 is 1.33 bits per heavy atom. The van der Waals surface area contributed by atoms with Gasteiger partial charge >= 0.3 is 12.2 Å². The lowest BCUT2D eigenvalue weighted by Crippen LogP contribution is -2.39. The van der Waals surface area contributed by atoms with Gasteiger partial charge in [0.05, 0.1) is 16.7 Å². The summed E-state index contributed by atoms with van der Waals surface area (Å²) in [5.41, 5.74) is 0.0766. The van der Waals surface area contributed by atoms with E-state index >= 15 is 0 Å². The second kappa shape index (κ2) is 8.30. The van der Waals surface area contributed by atoms with E-state index < -0.39 is 27.8 Å². The van der Waals surface area contributed by atoms with Gasteiger partial charge in [-0.25, -0.2) is 22.9 Å². The van der Waals surface area contributed by atoms with Crippen LogP contribution in [0.5, 0.6) is 0 Å². The molecule has 8 nitrogen and oxygen atoms in total. The van der Waals surface area contributed by atoms with Crippen molar-refractivity contribution in [2.24, 2.45) is 7.05 Å². The third-order valence-electron chi connectivity index (χ3n) is 4.04. The number of aryl methyl sites for hydroxylation is 2. The van der Waals surface area contributed by atoms with Crippen molar-refractivity contribution in [3.05, 3.63) is 40.6 Å². The quantitative estimate of drug-likeness (QED) is 0.685. The maximum atomic E-state index is 12.7. The Kier molecular flexibility index (Phi) is 6.13. The number of carbonyl (C=O) groups is 1. The smallest absolute Gasteiger partial charge is 0.335 e. The Bertz CT molecular complexity index is 1080. The van der Waals surface area contributed by atoms with Gasteiger partial charge in [0.15, 0.2) is 0 Å². The van der Waals surface area contributed by atoms with Crippen molar-refractivity contribution < 1.29 is 26.4 Å². The molecule has 0 spiro atoms. The normalized spacial score (nSPS) is 14.8. The fraction of sp³-hybridized carbons (Fsp3) is 0.353. The zero-order valence-corrected chi connectivity index (χ0v) is 17.5. The molecule has 2 amide bonds. The number of aromatic nitrogens is 3. The van der Waals surface area contributed by atoms with Crippen molar-refractivity contribution in [1.82, 2.24) is 24.8 Å². The first-order chi connectivity index (χ1) is 13.9. The van der Waals surface area contributed by atoms with Gasteiger partial charge in [0.2, 0.25) is 0 Å². The third kappa shape index (κ3) is 5.75. The molecule has 0 atom stereocenters. The summed E-state index contributed by atoms with van der Waals surface area (Å²) >= 11 is 1.04. The first-order valence-corrected chi connectivity index (χ1v) is 11.1. The number of alkyl halides is 3. The number of halogens is 3. The molecule has 3 rings (SSSR count). The second-order valence-corrected chi connectivity index (χ2v) is 9.19. The molecule has 0 bridgehead atoms. The number of pyridine rings is 1. The molecule has 0 aliphatic heterocycles. The van der Waals surface area contributed by atoms with Crippen LogP contribution in [0.15, 0.2) is 33.8 Å². The fourth-order valence-electron chi connectivity index (χ4n) is 2.44. The van der Waals surface area contributed by atoms with Crippen molar-refractivity contribution in [1.29, 1.82) is 0 Å². The SMILES string of the molecule is Cc1nn(C)c(Sc2ccc(C(F)(F)F)cn2)c1/C=C/S(=O)(=O)NC(=O)NC1CC1. The minimum atomic E-state index is -4.49. The molecule has 13 heteroatoms. The number of hydrogen-bond acceptors (Lipinski definition) is 6. The standard InChI is InChI=1S/C17H18F3N5O3S2/c1-10-13(7-8-30(27,28)24-16(26)22-12-4-5-12)15(25(2)23-10)29-14-6-3-11(9-21-14)17(18,19)20/h3,6-9,12H,4-5H2,1-2H3,(H2,22,24,26)/b8-7+. The van der Waals surface area contributed by atoms with Crippen LogP contribution in [0.1, 0.15) is 29.7 Å². The summed E-state index contributed by atoms with van der Waals surface area (Å²) in [6, 6.07) is 1.35. The van der Waals surface area contributed by atoms with Crippen molar-refractivity contribution >= 4 is 33.9 Å². The van der Waals surface area contributed by atoms with Gasteiger partial charge in [-0.3, -0.25) is 4.68 Å². The van der Waals surface area contributed by atoms with Crippen LogP contribution in [0.25, 0.3) is 6.08 Å². The van der Waals surface area contributed by atoms with Gasteiger partial charge in [-0.05, 0) is 49.7 Å². The van der Waals surface area contributed by atoms with E-state index in [0.29, 0.717) is 16.3 Å². The number of rotatable bonds is 6. The Labute approximate surface area is 175 Å². The number of hydrogen-bond donors (Lipinski definition) is 2. The number of carbonyl (C=O) groups excluding carboxylic acids is 1. The van der Waals surface area contributed by atoms with E-state index in [1.165, 1.54) is 16.8 Å². The zero-order valence-electron chi connectivity index (χ0n) is 15.9. The summed E-state index contributed by atoms with van der Waals surface area (Å²) in [4.78, 5) is 15.5. The molecule has 0 saturated heterocycles. The van der Waals surface area contributed by atoms with Crippen LogP contribution in [0.4, 0.5) is 18.0 Å². The summed E-state index contributed by atoms with van der Waals surface area (Å²) in [7, 11) is -2.43. The monoisotopic (exact) mass is 461 g/mol. The molecule has 1 fully saturated rings. The molecule has 162 valence electrons. The van der Waals surface area contributed by atoms with Crippen LogP contribution in [0.3, 0.4) is 0 Å². The highest BCUT2D eigenvalue weighted by Crippen LogP contribution is 2.34. The van der Waals surface area contributed by atoms with Gasteiger partial charge in [-0.2, -0.15) is 18.3 Å². The van der Waals surface area contributed by atoms with Crippen molar-refractivity contribution in [3.8, 4) is 0 Å². The largest absolute Gasteiger partial charge is 0.417 e. The minimum Gasteiger partial charge on any atom is -0.335 e. The molecular formula is C17H18F3N5O3S2. The summed E-state index contributed by atoms with van der Waals surface area (Å²) < 4.78 is 65.7. The molecular weight excluding hydrogens is 443 g/mol. The third-order valence-corrected chi connectivity index (χ3v) is 6.13. The first-order valence-electron chi connectivity index (χ1n) is 8.71. The van der Waals surface area contributed by atoms with Crippen LogP contribution in [-0.4, -0.2) is 35.3 Å². The lowest BCUT2D eigenvalue weighted by atomic mass is 10.3.